The average molecular weight is 385 g/mol. The molecule has 0 spiro atoms. The van der Waals surface area contributed by atoms with E-state index in [1.54, 1.807) is 21.3 Å². The van der Waals surface area contributed by atoms with Gasteiger partial charge in [-0.15, -0.1) is 0 Å². The van der Waals surface area contributed by atoms with Gasteiger partial charge in [-0.3, -0.25) is 0 Å². The Morgan fingerprint density at radius 1 is 0.889 bits per heavy atom. The monoisotopic (exact) mass is 384 g/mol. The maximum Gasteiger partial charge on any atom is 0.161 e. The Bertz CT molecular complexity index is 949. The normalized spacial score (nSPS) is 13.5. The fourth-order valence-corrected chi connectivity index (χ4v) is 3.16. The van der Waals surface area contributed by atoms with Crippen molar-refractivity contribution in [3.8, 4) is 17.2 Å². The summed E-state index contributed by atoms with van der Waals surface area (Å²) in [6.07, 6.45) is 4.57. The van der Waals surface area contributed by atoms with E-state index < -0.39 is 0 Å². The number of ether oxygens (including phenoxy) is 3. The second-order valence-electron chi connectivity index (χ2n) is 6.09. The standard InChI is InChI=1S/C21H21ClN2O3/c1-13-9-15-11-20(26-3)21(27-4)12-16(15)18(24-23-13)7-5-14-6-8-19(25-2)17(22)10-14/h5-8,10-12H,9H2,1-4H3/b7-5+. The minimum atomic E-state index is 0.558. The van der Waals surface area contributed by atoms with Gasteiger partial charge in [-0.1, -0.05) is 23.7 Å². The first kappa shape index (κ1) is 19.0. The number of hydrogen-bond donors (Lipinski definition) is 0. The molecular formula is C21H21ClN2O3. The summed E-state index contributed by atoms with van der Waals surface area (Å²) in [4.78, 5) is 0. The van der Waals surface area contributed by atoms with Crippen LogP contribution in [0.3, 0.4) is 0 Å². The Morgan fingerprint density at radius 3 is 2.26 bits per heavy atom. The van der Waals surface area contributed by atoms with Gasteiger partial charge < -0.3 is 14.2 Å². The van der Waals surface area contributed by atoms with Crippen LogP contribution in [0, 0.1) is 0 Å². The van der Waals surface area contributed by atoms with Crippen LogP contribution in [0.4, 0.5) is 0 Å². The predicted octanol–water partition coefficient (Wildman–Crippen LogP) is 4.80. The summed E-state index contributed by atoms with van der Waals surface area (Å²) in [5.74, 6) is 1.99. The molecule has 5 nitrogen and oxygen atoms in total. The second-order valence-corrected chi connectivity index (χ2v) is 6.50. The van der Waals surface area contributed by atoms with Crippen molar-refractivity contribution in [2.75, 3.05) is 21.3 Å². The molecular weight excluding hydrogens is 364 g/mol. The molecule has 0 N–H and O–H groups in total. The highest BCUT2D eigenvalue weighted by Crippen LogP contribution is 2.32. The van der Waals surface area contributed by atoms with Crippen molar-refractivity contribution in [1.29, 1.82) is 0 Å². The zero-order chi connectivity index (χ0) is 19.4. The summed E-state index contributed by atoms with van der Waals surface area (Å²) in [6.45, 7) is 1.96. The van der Waals surface area contributed by atoms with Gasteiger partial charge in [0.05, 0.1) is 32.1 Å². The molecule has 0 aromatic heterocycles. The highest BCUT2D eigenvalue weighted by molar-refractivity contribution is 6.32. The number of allylic oxidation sites excluding steroid dienone is 1. The molecule has 0 saturated heterocycles. The van der Waals surface area contributed by atoms with E-state index in [1.807, 2.05) is 49.4 Å². The van der Waals surface area contributed by atoms with E-state index in [0.717, 1.165) is 28.1 Å². The molecule has 2 aromatic rings. The Balaban J connectivity index is 2.02. The molecule has 140 valence electrons. The van der Waals surface area contributed by atoms with E-state index in [1.165, 1.54) is 0 Å². The molecule has 0 bridgehead atoms. The van der Waals surface area contributed by atoms with Gasteiger partial charge in [0.15, 0.2) is 11.5 Å². The average Bonchev–Trinajstić information content (AvgIpc) is 2.83. The third kappa shape index (κ3) is 4.14. The van der Waals surface area contributed by atoms with Crippen LogP contribution in [0.1, 0.15) is 23.6 Å². The molecule has 0 fully saturated rings. The summed E-state index contributed by atoms with van der Waals surface area (Å²) >= 11 is 6.21. The van der Waals surface area contributed by atoms with Crippen molar-refractivity contribution >= 4 is 29.1 Å². The van der Waals surface area contributed by atoms with Crippen LogP contribution in [-0.2, 0) is 6.42 Å². The van der Waals surface area contributed by atoms with Gasteiger partial charge in [-0.25, -0.2) is 0 Å². The Morgan fingerprint density at radius 2 is 1.59 bits per heavy atom. The molecule has 6 heteroatoms. The minimum absolute atomic E-state index is 0.558. The van der Waals surface area contributed by atoms with Gasteiger partial charge in [0.25, 0.3) is 0 Å². The molecule has 0 aliphatic carbocycles. The number of halogens is 1. The number of hydrogen-bond acceptors (Lipinski definition) is 5. The largest absolute Gasteiger partial charge is 0.495 e. The number of rotatable bonds is 5. The van der Waals surface area contributed by atoms with Crippen LogP contribution in [0.15, 0.2) is 46.6 Å². The van der Waals surface area contributed by atoms with E-state index >= 15 is 0 Å². The number of nitrogens with zero attached hydrogens (tertiary/aromatic N) is 2. The van der Waals surface area contributed by atoms with E-state index in [9.17, 15) is 0 Å². The smallest absolute Gasteiger partial charge is 0.161 e. The molecule has 2 aromatic carbocycles. The Labute approximate surface area is 163 Å². The van der Waals surface area contributed by atoms with E-state index in [0.29, 0.717) is 28.7 Å². The van der Waals surface area contributed by atoms with E-state index in [2.05, 4.69) is 10.2 Å². The van der Waals surface area contributed by atoms with Crippen LogP contribution < -0.4 is 14.2 Å². The molecule has 0 saturated carbocycles. The van der Waals surface area contributed by atoms with Crippen molar-refractivity contribution in [2.45, 2.75) is 13.3 Å². The van der Waals surface area contributed by atoms with Gasteiger partial charge in [0.2, 0.25) is 0 Å². The molecule has 0 unspecified atom stereocenters. The van der Waals surface area contributed by atoms with Crippen molar-refractivity contribution in [2.24, 2.45) is 10.2 Å². The molecule has 0 amide bonds. The lowest BCUT2D eigenvalue weighted by Gasteiger charge is -2.13. The van der Waals surface area contributed by atoms with Crippen molar-refractivity contribution in [3.63, 3.8) is 0 Å². The molecule has 1 aliphatic rings. The lowest BCUT2D eigenvalue weighted by molar-refractivity contribution is 0.354. The molecule has 0 radical (unpaired) electrons. The molecule has 27 heavy (non-hydrogen) atoms. The molecule has 3 rings (SSSR count). The summed E-state index contributed by atoms with van der Waals surface area (Å²) in [6, 6.07) is 9.53. The summed E-state index contributed by atoms with van der Waals surface area (Å²) in [5.41, 5.74) is 4.66. The van der Waals surface area contributed by atoms with Crippen LogP contribution in [-0.4, -0.2) is 32.8 Å². The molecule has 1 heterocycles. The highest BCUT2D eigenvalue weighted by Gasteiger charge is 2.17. The van der Waals surface area contributed by atoms with Crippen LogP contribution in [0.25, 0.3) is 6.08 Å². The number of fused-ring (bicyclic) bond motifs is 1. The minimum Gasteiger partial charge on any atom is -0.495 e. The number of benzene rings is 2. The predicted molar refractivity (Wildman–Crippen MR) is 110 cm³/mol. The van der Waals surface area contributed by atoms with E-state index in [4.69, 9.17) is 25.8 Å². The maximum atomic E-state index is 6.21. The van der Waals surface area contributed by atoms with Crippen molar-refractivity contribution in [3.05, 3.63) is 58.1 Å². The van der Waals surface area contributed by atoms with E-state index in [-0.39, 0.29) is 0 Å². The fourth-order valence-electron chi connectivity index (χ4n) is 2.89. The van der Waals surface area contributed by atoms with Crippen molar-refractivity contribution in [1.82, 2.24) is 0 Å². The van der Waals surface area contributed by atoms with Gasteiger partial charge in [-0.2, -0.15) is 10.2 Å². The van der Waals surface area contributed by atoms with Gasteiger partial charge in [-0.05, 0) is 48.4 Å². The first-order valence-electron chi connectivity index (χ1n) is 8.43. The summed E-state index contributed by atoms with van der Waals surface area (Å²) < 4.78 is 16.1. The highest BCUT2D eigenvalue weighted by atomic mass is 35.5. The Kier molecular flexibility index (Phi) is 5.81. The van der Waals surface area contributed by atoms with Gasteiger partial charge in [0.1, 0.15) is 5.75 Å². The molecule has 0 atom stereocenters. The quantitative estimate of drug-likeness (QED) is 0.744. The van der Waals surface area contributed by atoms with Gasteiger partial charge >= 0.3 is 0 Å². The SMILES string of the molecule is COc1ccc(/C=C/C2=NN=C(C)Cc3cc(OC)c(OC)cc32)cc1Cl. The third-order valence-corrected chi connectivity index (χ3v) is 4.56. The zero-order valence-electron chi connectivity index (χ0n) is 15.7. The summed E-state index contributed by atoms with van der Waals surface area (Å²) in [5, 5.41) is 9.28. The fraction of sp³-hybridized carbons (Fsp3) is 0.238. The zero-order valence-corrected chi connectivity index (χ0v) is 16.5. The van der Waals surface area contributed by atoms with Crippen LogP contribution in [0.5, 0.6) is 17.2 Å². The maximum absolute atomic E-state index is 6.21. The summed E-state index contributed by atoms with van der Waals surface area (Å²) in [7, 11) is 4.84. The molecule has 1 aliphatic heterocycles. The third-order valence-electron chi connectivity index (χ3n) is 4.27. The first-order chi connectivity index (χ1) is 13.0. The first-order valence-corrected chi connectivity index (χ1v) is 8.81. The number of methoxy groups -OCH3 is 3. The second kappa shape index (κ2) is 8.27. The topological polar surface area (TPSA) is 52.4 Å². The van der Waals surface area contributed by atoms with Crippen LogP contribution in [0.2, 0.25) is 5.02 Å². The lowest BCUT2D eigenvalue weighted by Crippen LogP contribution is -2.05. The van der Waals surface area contributed by atoms with Crippen molar-refractivity contribution < 1.29 is 14.2 Å². The van der Waals surface area contributed by atoms with Gasteiger partial charge in [0, 0.05) is 17.7 Å². The van der Waals surface area contributed by atoms with Crippen LogP contribution >= 0.6 is 11.6 Å². The lowest BCUT2D eigenvalue weighted by atomic mass is 9.97. The Hall–Kier alpha value is -2.79.